The third-order valence-electron chi connectivity index (χ3n) is 3.00. The van der Waals surface area contributed by atoms with E-state index in [4.69, 9.17) is 0 Å². The van der Waals surface area contributed by atoms with Gasteiger partial charge in [-0.05, 0) is 19.8 Å². The van der Waals surface area contributed by atoms with Crippen molar-refractivity contribution in [2.75, 3.05) is 31.6 Å². The SMILES string of the molecule is CCN(C)C(=O)CNC1CCS(=O)(=O)CC1. The monoisotopic (exact) mass is 248 g/mol. The standard InChI is InChI=1S/C10H20N2O3S/c1-3-12(2)10(13)8-11-9-4-6-16(14,15)7-5-9/h9,11H,3-8H2,1-2H3. The Labute approximate surface area is 97.1 Å². The van der Waals surface area contributed by atoms with Gasteiger partial charge in [0.1, 0.15) is 9.84 Å². The number of carbonyl (C=O) groups is 1. The Morgan fingerprint density at radius 3 is 2.44 bits per heavy atom. The molecule has 5 nitrogen and oxygen atoms in total. The molecule has 0 radical (unpaired) electrons. The van der Waals surface area contributed by atoms with Crippen LogP contribution in [0.4, 0.5) is 0 Å². The number of nitrogens with zero attached hydrogens (tertiary/aromatic N) is 1. The van der Waals surface area contributed by atoms with Crippen molar-refractivity contribution in [3.8, 4) is 0 Å². The lowest BCUT2D eigenvalue weighted by Crippen LogP contribution is -2.43. The molecular formula is C10H20N2O3S. The summed E-state index contributed by atoms with van der Waals surface area (Å²) in [6.07, 6.45) is 1.23. The average molecular weight is 248 g/mol. The Kier molecular flexibility index (Phi) is 4.73. The number of rotatable bonds is 4. The Morgan fingerprint density at radius 2 is 1.94 bits per heavy atom. The summed E-state index contributed by atoms with van der Waals surface area (Å²) in [5, 5.41) is 3.12. The van der Waals surface area contributed by atoms with Crippen molar-refractivity contribution >= 4 is 15.7 Å². The molecule has 0 aromatic heterocycles. The molecule has 1 saturated heterocycles. The van der Waals surface area contributed by atoms with Crippen LogP contribution in [0.3, 0.4) is 0 Å². The van der Waals surface area contributed by atoms with Crippen LogP contribution in [0.1, 0.15) is 19.8 Å². The molecule has 1 amide bonds. The van der Waals surface area contributed by atoms with Crippen LogP contribution >= 0.6 is 0 Å². The van der Waals surface area contributed by atoms with Crippen molar-refractivity contribution in [1.82, 2.24) is 10.2 Å². The third-order valence-corrected chi connectivity index (χ3v) is 4.71. The lowest BCUT2D eigenvalue weighted by atomic mass is 10.1. The molecule has 0 atom stereocenters. The van der Waals surface area contributed by atoms with Crippen LogP contribution in [0, 0.1) is 0 Å². The second-order valence-corrected chi connectivity index (χ2v) is 6.52. The minimum atomic E-state index is -2.81. The third kappa shape index (κ3) is 4.09. The van der Waals surface area contributed by atoms with Gasteiger partial charge in [-0.3, -0.25) is 4.79 Å². The number of nitrogens with one attached hydrogen (secondary N) is 1. The van der Waals surface area contributed by atoms with E-state index in [9.17, 15) is 13.2 Å². The van der Waals surface area contributed by atoms with Crippen LogP contribution in [0.15, 0.2) is 0 Å². The molecule has 6 heteroatoms. The highest BCUT2D eigenvalue weighted by Gasteiger charge is 2.23. The lowest BCUT2D eigenvalue weighted by Gasteiger charge is -2.24. The molecule has 1 aliphatic heterocycles. The van der Waals surface area contributed by atoms with E-state index in [1.807, 2.05) is 6.92 Å². The zero-order chi connectivity index (χ0) is 12.2. The van der Waals surface area contributed by atoms with Gasteiger partial charge in [0.05, 0.1) is 18.1 Å². The van der Waals surface area contributed by atoms with Gasteiger partial charge in [0.25, 0.3) is 0 Å². The smallest absolute Gasteiger partial charge is 0.236 e. The maximum atomic E-state index is 11.5. The first kappa shape index (κ1) is 13.4. The number of amides is 1. The molecule has 0 spiro atoms. The van der Waals surface area contributed by atoms with E-state index in [2.05, 4.69) is 5.32 Å². The van der Waals surface area contributed by atoms with E-state index >= 15 is 0 Å². The van der Waals surface area contributed by atoms with E-state index in [0.29, 0.717) is 25.9 Å². The minimum Gasteiger partial charge on any atom is -0.345 e. The average Bonchev–Trinajstić information content (AvgIpc) is 2.26. The number of likely N-dealkylation sites (N-methyl/N-ethyl adjacent to an activating group) is 1. The Hall–Kier alpha value is -0.620. The van der Waals surface area contributed by atoms with Crippen LogP contribution in [-0.4, -0.2) is 56.9 Å². The summed E-state index contributed by atoms with van der Waals surface area (Å²) >= 11 is 0. The number of sulfone groups is 1. The van der Waals surface area contributed by atoms with Gasteiger partial charge >= 0.3 is 0 Å². The molecule has 16 heavy (non-hydrogen) atoms. The molecule has 0 aromatic rings. The molecule has 1 fully saturated rings. The summed E-state index contributed by atoms with van der Waals surface area (Å²) in [5.41, 5.74) is 0. The predicted octanol–water partition coefficient (Wildman–Crippen LogP) is -0.368. The molecule has 0 bridgehead atoms. The number of carbonyl (C=O) groups excluding carboxylic acids is 1. The molecule has 0 aliphatic carbocycles. The summed E-state index contributed by atoms with van der Waals surface area (Å²) in [6, 6.07) is 0.165. The van der Waals surface area contributed by atoms with Crippen molar-refractivity contribution in [1.29, 1.82) is 0 Å². The first-order chi connectivity index (χ1) is 7.44. The predicted molar refractivity (Wildman–Crippen MR) is 63.0 cm³/mol. The largest absolute Gasteiger partial charge is 0.345 e. The number of hydrogen-bond donors (Lipinski definition) is 1. The maximum Gasteiger partial charge on any atom is 0.236 e. The fraction of sp³-hybridized carbons (Fsp3) is 0.900. The summed E-state index contributed by atoms with van der Waals surface area (Å²) in [6.45, 7) is 2.92. The summed E-state index contributed by atoms with van der Waals surface area (Å²) in [7, 11) is -1.05. The van der Waals surface area contributed by atoms with Crippen molar-refractivity contribution < 1.29 is 13.2 Å². The Balaban J connectivity index is 2.27. The minimum absolute atomic E-state index is 0.0518. The normalized spacial score (nSPS) is 20.6. The zero-order valence-electron chi connectivity index (χ0n) is 9.90. The van der Waals surface area contributed by atoms with Crippen LogP contribution in [0.5, 0.6) is 0 Å². The van der Waals surface area contributed by atoms with Crippen LogP contribution in [-0.2, 0) is 14.6 Å². The van der Waals surface area contributed by atoms with Gasteiger partial charge in [0.15, 0.2) is 0 Å². The van der Waals surface area contributed by atoms with Gasteiger partial charge < -0.3 is 10.2 Å². The van der Waals surface area contributed by atoms with E-state index < -0.39 is 9.84 Å². The second kappa shape index (κ2) is 5.63. The van der Waals surface area contributed by atoms with E-state index in [0.717, 1.165) is 0 Å². The molecule has 1 rings (SSSR count). The van der Waals surface area contributed by atoms with Crippen LogP contribution < -0.4 is 5.32 Å². The maximum absolute atomic E-state index is 11.5. The first-order valence-electron chi connectivity index (χ1n) is 5.62. The van der Waals surface area contributed by atoms with Gasteiger partial charge in [-0.25, -0.2) is 8.42 Å². The highest BCUT2D eigenvalue weighted by Crippen LogP contribution is 2.11. The summed E-state index contributed by atoms with van der Waals surface area (Å²) in [4.78, 5) is 13.1. The zero-order valence-corrected chi connectivity index (χ0v) is 10.7. The fourth-order valence-electron chi connectivity index (χ4n) is 1.64. The van der Waals surface area contributed by atoms with Gasteiger partial charge in [0.2, 0.25) is 5.91 Å². The highest BCUT2D eigenvalue weighted by atomic mass is 32.2. The quantitative estimate of drug-likeness (QED) is 0.737. The second-order valence-electron chi connectivity index (χ2n) is 4.21. The molecular weight excluding hydrogens is 228 g/mol. The van der Waals surface area contributed by atoms with Crippen LogP contribution in [0.2, 0.25) is 0 Å². The molecule has 1 aliphatic rings. The molecule has 1 heterocycles. The topological polar surface area (TPSA) is 66.5 Å². The summed E-state index contributed by atoms with van der Waals surface area (Å²) in [5.74, 6) is 0.529. The van der Waals surface area contributed by atoms with E-state index in [-0.39, 0.29) is 23.5 Å². The van der Waals surface area contributed by atoms with Crippen molar-refractivity contribution in [3.63, 3.8) is 0 Å². The van der Waals surface area contributed by atoms with E-state index in [1.54, 1.807) is 11.9 Å². The van der Waals surface area contributed by atoms with Crippen molar-refractivity contribution in [3.05, 3.63) is 0 Å². The van der Waals surface area contributed by atoms with Gasteiger partial charge in [0, 0.05) is 19.6 Å². The van der Waals surface area contributed by atoms with Crippen molar-refractivity contribution in [2.24, 2.45) is 0 Å². The van der Waals surface area contributed by atoms with Crippen LogP contribution in [0.25, 0.3) is 0 Å². The van der Waals surface area contributed by atoms with Gasteiger partial charge in [-0.1, -0.05) is 0 Å². The highest BCUT2D eigenvalue weighted by molar-refractivity contribution is 7.91. The first-order valence-corrected chi connectivity index (χ1v) is 7.44. The van der Waals surface area contributed by atoms with Gasteiger partial charge in [-0.15, -0.1) is 0 Å². The fourth-order valence-corrected chi connectivity index (χ4v) is 3.13. The Bertz CT molecular complexity index is 326. The molecule has 94 valence electrons. The Morgan fingerprint density at radius 1 is 1.38 bits per heavy atom. The summed E-state index contributed by atoms with van der Waals surface area (Å²) < 4.78 is 22.4. The van der Waals surface area contributed by atoms with E-state index in [1.165, 1.54) is 0 Å². The molecule has 0 saturated carbocycles. The van der Waals surface area contributed by atoms with Gasteiger partial charge in [-0.2, -0.15) is 0 Å². The lowest BCUT2D eigenvalue weighted by molar-refractivity contribution is -0.128. The molecule has 0 aromatic carbocycles. The molecule has 0 unspecified atom stereocenters. The van der Waals surface area contributed by atoms with Crippen molar-refractivity contribution in [2.45, 2.75) is 25.8 Å². The molecule has 1 N–H and O–H groups in total. The number of hydrogen-bond acceptors (Lipinski definition) is 4.